The molecule has 0 saturated carbocycles. The van der Waals surface area contributed by atoms with Gasteiger partial charge in [0.25, 0.3) is 0 Å². The van der Waals surface area contributed by atoms with Gasteiger partial charge < -0.3 is 19.1 Å². The van der Waals surface area contributed by atoms with Crippen molar-refractivity contribution < 1.29 is 19.0 Å². The van der Waals surface area contributed by atoms with Crippen LogP contribution in [0.3, 0.4) is 0 Å². The van der Waals surface area contributed by atoms with E-state index in [4.69, 9.17) is 14.2 Å². The van der Waals surface area contributed by atoms with Crippen molar-refractivity contribution in [2.45, 2.75) is 32.4 Å². The summed E-state index contributed by atoms with van der Waals surface area (Å²) in [7, 11) is 5.10. The maximum atomic E-state index is 11.9. The molecule has 24 heavy (non-hydrogen) atoms. The van der Waals surface area contributed by atoms with Crippen molar-refractivity contribution in [2.75, 3.05) is 27.8 Å². The minimum Gasteiger partial charge on any atom is -0.497 e. The number of likely N-dealkylation sites (N-methyl/N-ethyl adjacent to an activating group) is 1. The predicted octanol–water partition coefficient (Wildman–Crippen LogP) is 2.57. The van der Waals surface area contributed by atoms with Crippen LogP contribution in [0.25, 0.3) is 0 Å². The van der Waals surface area contributed by atoms with Gasteiger partial charge in [-0.05, 0) is 32.9 Å². The van der Waals surface area contributed by atoms with Crippen LogP contribution < -0.4 is 14.8 Å². The summed E-state index contributed by atoms with van der Waals surface area (Å²) >= 11 is 0. The summed E-state index contributed by atoms with van der Waals surface area (Å²) in [6, 6.07) is 5.63. The Morgan fingerprint density at radius 1 is 1.29 bits per heavy atom. The van der Waals surface area contributed by atoms with E-state index in [-0.39, 0.29) is 6.04 Å². The summed E-state index contributed by atoms with van der Waals surface area (Å²) in [5, 5.41) is 2.69. The Kier molecular flexibility index (Phi) is 5.21. The number of amides is 1. The molecule has 1 aromatic carbocycles. The first-order valence-corrected chi connectivity index (χ1v) is 7.74. The lowest BCUT2D eigenvalue weighted by Gasteiger charge is -2.26. The molecule has 1 aliphatic rings. The number of rotatable bonds is 3. The fraction of sp³-hybridized carbons (Fsp3) is 0.529. The smallest absolute Gasteiger partial charge is 0.414 e. The fourth-order valence-corrected chi connectivity index (χ4v) is 2.48. The Bertz CT molecular complexity index is 637. The number of nitrogens with zero attached hydrogens (tertiary/aromatic N) is 2. The van der Waals surface area contributed by atoms with Gasteiger partial charge in [-0.25, -0.2) is 4.79 Å². The molecular formula is C17H25N3O4. The normalized spacial score (nSPS) is 17.3. The van der Waals surface area contributed by atoms with Crippen LogP contribution in [0.2, 0.25) is 0 Å². The van der Waals surface area contributed by atoms with Crippen LogP contribution in [0.5, 0.6) is 11.5 Å². The molecule has 0 bridgehead atoms. The predicted molar refractivity (Wildman–Crippen MR) is 91.7 cm³/mol. The van der Waals surface area contributed by atoms with Gasteiger partial charge in [-0.3, -0.25) is 10.3 Å². The number of hydrogen-bond acceptors (Lipinski definition) is 6. The lowest BCUT2D eigenvalue weighted by atomic mass is 10.1. The fourth-order valence-electron chi connectivity index (χ4n) is 2.48. The Morgan fingerprint density at radius 2 is 2.00 bits per heavy atom. The molecule has 7 nitrogen and oxygen atoms in total. The standard InChI is InChI=1S/C17H25N3O4/c1-17(2,3)24-16(21)19-15-18-10-13(20(15)4)12-8-7-11(22-5)9-14(12)23-6/h7-9,13H,10H2,1-6H3,(H,18,19,21). The molecule has 1 atom stereocenters. The van der Waals surface area contributed by atoms with Gasteiger partial charge in [0.15, 0.2) is 0 Å². The summed E-state index contributed by atoms with van der Waals surface area (Å²) in [6.45, 7) is 5.97. The van der Waals surface area contributed by atoms with Crippen LogP contribution in [0.4, 0.5) is 4.79 Å². The summed E-state index contributed by atoms with van der Waals surface area (Å²) in [5.74, 6) is 1.93. The van der Waals surface area contributed by atoms with Gasteiger partial charge in [0, 0.05) is 18.7 Å². The second-order valence-electron chi connectivity index (χ2n) is 6.53. The quantitative estimate of drug-likeness (QED) is 0.919. The molecule has 0 fully saturated rings. The highest BCUT2D eigenvalue weighted by atomic mass is 16.6. The first kappa shape index (κ1) is 17.9. The van der Waals surface area contributed by atoms with Gasteiger partial charge in [0.1, 0.15) is 17.1 Å². The Balaban J connectivity index is 2.10. The van der Waals surface area contributed by atoms with Gasteiger partial charge in [0.05, 0.1) is 26.8 Å². The van der Waals surface area contributed by atoms with Crippen molar-refractivity contribution in [1.82, 2.24) is 10.2 Å². The number of nitrogens with one attached hydrogen (secondary N) is 1. The summed E-state index contributed by atoms with van der Waals surface area (Å²) < 4.78 is 16.0. The topological polar surface area (TPSA) is 72.4 Å². The molecule has 0 saturated heterocycles. The molecular weight excluding hydrogens is 310 g/mol. The van der Waals surface area contributed by atoms with Crippen LogP contribution in [-0.4, -0.2) is 50.4 Å². The number of hydrogen-bond donors (Lipinski definition) is 1. The van der Waals surface area contributed by atoms with Crippen molar-refractivity contribution in [2.24, 2.45) is 4.99 Å². The van der Waals surface area contributed by atoms with E-state index in [2.05, 4.69) is 10.3 Å². The minimum absolute atomic E-state index is 0.0317. The second-order valence-corrected chi connectivity index (χ2v) is 6.53. The Morgan fingerprint density at radius 3 is 2.58 bits per heavy atom. The van der Waals surface area contributed by atoms with Crippen molar-refractivity contribution in [3.63, 3.8) is 0 Å². The molecule has 1 heterocycles. The van der Waals surface area contributed by atoms with Gasteiger partial charge in [-0.2, -0.15) is 0 Å². The van der Waals surface area contributed by atoms with Gasteiger partial charge in [-0.15, -0.1) is 0 Å². The van der Waals surface area contributed by atoms with E-state index in [1.807, 2.05) is 50.9 Å². The number of ether oxygens (including phenoxy) is 3. The third-order valence-electron chi connectivity index (χ3n) is 3.63. The number of alkyl carbamates (subject to hydrolysis) is 1. The second kappa shape index (κ2) is 6.98. The Hall–Kier alpha value is -2.44. The number of methoxy groups -OCH3 is 2. The first-order valence-electron chi connectivity index (χ1n) is 7.74. The molecule has 1 N–H and O–H groups in total. The monoisotopic (exact) mass is 335 g/mol. The highest BCUT2D eigenvalue weighted by Gasteiger charge is 2.30. The van der Waals surface area contributed by atoms with E-state index in [0.29, 0.717) is 12.5 Å². The first-order chi connectivity index (χ1) is 11.2. The van der Waals surface area contributed by atoms with Crippen LogP contribution in [0, 0.1) is 0 Å². The van der Waals surface area contributed by atoms with E-state index in [1.54, 1.807) is 14.2 Å². The van der Waals surface area contributed by atoms with E-state index in [0.717, 1.165) is 17.1 Å². The van der Waals surface area contributed by atoms with Crippen molar-refractivity contribution in [3.05, 3.63) is 23.8 Å². The van der Waals surface area contributed by atoms with Crippen LogP contribution in [-0.2, 0) is 4.74 Å². The van der Waals surface area contributed by atoms with Crippen LogP contribution in [0.15, 0.2) is 23.2 Å². The van der Waals surface area contributed by atoms with Gasteiger partial charge in [0.2, 0.25) is 5.96 Å². The van der Waals surface area contributed by atoms with E-state index < -0.39 is 11.7 Å². The summed E-state index contributed by atoms with van der Waals surface area (Å²) in [4.78, 5) is 18.2. The summed E-state index contributed by atoms with van der Waals surface area (Å²) in [5.41, 5.74) is 0.422. The highest BCUT2D eigenvalue weighted by Crippen LogP contribution is 2.34. The number of carbonyl (C=O) groups excluding carboxylic acids is 1. The molecule has 7 heteroatoms. The molecule has 0 aromatic heterocycles. The van der Waals surface area contributed by atoms with Crippen LogP contribution in [0.1, 0.15) is 32.4 Å². The lowest BCUT2D eigenvalue weighted by Crippen LogP contribution is -2.43. The zero-order valence-corrected chi connectivity index (χ0v) is 15.0. The highest BCUT2D eigenvalue weighted by molar-refractivity contribution is 5.95. The molecule has 0 spiro atoms. The van der Waals surface area contributed by atoms with Gasteiger partial charge in [-0.1, -0.05) is 0 Å². The van der Waals surface area contributed by atoms with Crippen molar-refractivity contribution in [1.29, 1.82) is 0 Å². The molecule has 0 aliphatic carbocycles. The number of carbonyl (C=O) groups is 1. The SMILES string of the molecule is COc1ccc(C2CN=C(NC(=O)OC(C)(C)C)N2C)c(OC)c1. The largest absolute Gasteiger partial charge is 0.497 e. The molecule has 0 radical (unpaired) electrons. The summed E-state index contributed by atoms with van der Waals surface area (Å²) in [6.07, 6.45) is -0.518. The lowest BCUT2D eigenvalue weighted by molar-refractivity contribution is 0.0557. The van der Waals surface area contributed by atoms with Crippen molar-refractivity contribution in [3.8, 4) is 11.5 Å². The molecule has 1 aromatic rings. The maximum Gasteiger partial charge on any atom is 0.414 e. The molecule has 132 valence electrons. The zero-order chi connectivity index (χ0) is 17.9. The number of guanidine groups is 1. The molecule has 2 rings (SSSR count). The molecule has 1 amide bonds. The van der Waals surface area contributed by atoms with Crippen molar-refractivity contribution >= 4 is 12.1 Å². The van der Waals surface area contributed by atoms with E-state index in [1.165, 1.54) is 0 Å². The van der Waals surface area contributed by atoms with Crippen LogP contribution >= 0.6 is 0 Å². The van der Waals surface area contributed by atoms with E-state index >= 15 is 0 Å². The maximum absolute atomic E-state index is 11.9. The Labute approximate surface area is 142 Å². The third-order valence-corrected chi connectivity index (χ3v) is 3.63. The number of aliphatic imine (C=N–C) groups is 1. The molecule has 1 aliphatic heterocycles. The molecule has 1 unspecified atom stereocenters. The minimum atomic E-state index is -0.555. The average molecular weight is 335 g/mol. The zero-order valence-electron chi connectivity index (χ0n) is 15.0. The van der Waals surface area contributed by atoms with E-state index in [9.17, 15) is 4.79 Å². The third kappa shape index (κ3) is 4.10. The average Bonchev–Trinajstić information content (AvgIpc) is 2.85. The number of benzene rings is 1. The van der Waals surface area contributed by atoms with Gasteiger partial charge >= 0.3 is 6.09 Å².